The zero-order valence-electron chi connectivity index (χ0n) is 16.9. The first-order chi connectivity index (χ1) is 14.0. The van der Waals surface area contributed by atoms with Crippen LogP contribution in [-0.2, 0) is 4.79 Å². The van der Waals surface area contributed by atoms with Crippen LogP contribution in [0.3, 0.4) is 0 Å². The average molecular weight is 400 g/mol. The summed E-state index contributed by atoms with van der Waals surface area (Å²) in [5.41, 5.74) is 1.07. The summed E-state index contributed by atoms with van der Waals surface area (Å²) < 4.78 is 21.0. The Labute approximate surface area is 169 Å². The van der Waals surface area contributed by atoms with Gasteiger partial charge in [-0.05, 0) is 24.3 Å². The second-order valence-electron chi connectivity index (χ2n) is 6.48. The van der Waals surface area contributed by atoms with Gasteiger partial charge in [0, 0.05) is 30.8 Å². The van der Waals surface area contributed by atoms with Crippen LogP contribution in [0.5, 0.6) is 23.0 Å². The molecule has 0 aliphatic carbocycles. The fourth-order valence-corrected chi connectivity index (χ4v) is 3.30. The Kier molecular flexibility index (Phi) is 6.11. The first kappa shape index (κ1) is 20.3. The third-order valence-electron chi connectivity index (χ3n) is 4.79. The zero-order valence-corrected chi connectivity index (χ0v) is 16.9. The van der Waals surface area contributed by atoms with E-state index < -0.39 is 0 Å². The van der Waals surface area contributed by atoms with Gasteiger partial charge in [-0.2, -0.15) is 0 Å². The van der Waals surface area contributed by atoms with Gasteiger partial charge in [0.2, 0.25) is 5.91 Å². The molecular formula is C21H24N2O6. The van der Waals surface area contributed by atoms with Gasteiger partial charge >= 0.3 is 0 Å². The fourth-order valence-electron chi connectivity index (χ4n) is 3.30. The standard InChI is InChI=1S/C21H24N2O6/c1-26-15-6-7-16(18(11-15)28-3)21(25)22-13-9-20(24)23(12-13)14-5-8-17(27-2)19(10-14)29-4/h5-8,10-11,13H,9,12H2,1-4H3,(H,22,25). The number of amides is 2. The van der Waals surface area contributed by atoms with Crippen molar-refractivity contribution >= 4 is 17.5 Å². The number of carbonyl (C=O) groups is 2. The first-order valence-electron chi connectivity index (χ1n) is 9.06. The minimum absolute atomic E-state index is 0.0794. The third-order valence-corrected chi connectivity index (χ3v) is 4.79. The monoisotopic (exact) mass is 400 g/mol. The number of nitrogens with zero attached hydrogens (tertiary/aromatic N) is 1. The predicted molar refractivity (Wildman–Crippen MR) is 107 cm³/mol. The van der Waals surface area contributed by atoms with E-state index in [4.69, 9.17) is 18.9 Å². The summed E-state index contributed by atoms with van der Waals surface area (Å²) in [6.45, 7) is 0.360. The number of hydrogen-bond acceptors (Lipinski definition) is 6. The second-order valence-corrected chi connectivity index (χ2v) is 6.48. The van der Waals surface area contributed by atoms with Gasteiger partial charge in [-0.1, -0.05) is 0 Å². The molecule has 0 spiro atoms. The molecule has 1 unspecified atom stereocenters. The number of benzene rings is 2. The van der Waals surface area contributed by atoms with E-state index in [-0.39, 0.29) is 24.3 Å². The van der Waals surface area contributed by atoms with Crippen LogP contribution in [0.15, 0.2) is 36.4 Å². The van der Waals surface area contributed by atoms with Crippen molar-refractivity contribution < 1.29 is 28.5 Å². The van der Waals surface area contributed by atoms with Gasteiger partial charge < -0.3 is 29.2 Å². The number of ether oxygens (including phenoxy) is 4. The molecule has 154 valence electrons. The first-order valence-corrected chi connectivity index (χ1v) is 9.06. The Balaban J connectivity index is 1.73. The summed E-state index contributed by atoms with van der Waals surface area (Å²) in [6, 6.07) is 9.92. The number of carbonyl (C=O) groups excluding carboxylic acids is 2. The van der Waals surface area contributed by atoms with Crippen molar-refractivity contribution in [2.24, 2.45) is 0 Å². The fraction of sp³-hybridized carbons (Fsp3) is 0.333. The van der Waals surface area contributed by atoms with Gasteiger partial charge in [0.05, 0.1) is 40.0 Å². The van der Waals surface area contributed by atoms with E-state index in [0.29, 0.717) is 40.8 Å². The molecule has 8 heteroatoms. The van der Waals surface area contributed by atoms with E-state index in [1.807, 2.05) is 0 Å². The molecule has 2 amide bonds. The highest BCUT2D eigenvalue weighted by Crippen LogP contribution is 2.33. The Morgan fingerprint density at radius 3 is 2.31 bits per heavy atom. The van der Waals surface area contributed by atoms with E-state index >= 15 is 0 Å². The molecule has 0 aromatic heterocycles. The van der Waals surface area contributed by atoms with Crippen LogP contribution < -0.4 is 29.2 Å². The highest BCUT2D eigenvalue weighted by molar-refractivity contribution is 6.00. The van der Waals surface area contributed by atoms with Crippen LogP contribution in [0.25, 0.3) is 0 Å². The van der Waals surface area contributed by atoms with Gasteiger partial charge in [0.15, 0.2) is 11.5 Å². The Morgan fingerprint density at radius 1 is 0.931 bits per heavy atom. The Morgan fingerprint density at radius 2 is 1.66 bits per heavy atom. The average Bonchev–Trinajstić information content (AvgIpc) is 3.12. The highest BCUT2D eigenvalue weighted by Gasteiger charge is 2.32. The van der Waals surface area contributed by atoms with Crippen LogP contribution >= 0.6 is 0 Å². The topological polar surface area (TPSA) is 86.3 Å². The van der Waals surface area contributed by atoms with E-state index in [0.717, 1.165) is 0 Å². The lowest BCUT2D eigenvalue weighted by Crippen LogP contribution is -2.37. The van der Waals surface area contributed by atoms with Crippen LogP contribution in [0, 0.1) is 0 Å². The van der Waals surface area contributed by atoms with Gasteiger partial charge in [0.1, 0.15) is 11.5 Å². The van der Waals surface area contributed by atoms with Crippen LogP contribution in [0.4, 0.5) is 5.69 Å². The summed E-state index contributed by atoms with van der Waals surface area (Å²) in [6.07, 6.45) is 0.207. The normalized spacial score (nSPS) is 15.8. The molecule has 0 radical (unpaired) electrons. The molecule has 2 aromatic rings. The maximum Gasteiger partial charge on any atom is 0.255 e. The highest BCUT2D eigenvalue weighted by atomic mass is 16.5. The van der Waals surface area contributed by atoms with Gasteiger partial charge in [0.25, 0.3) is 5.91 Å². The van der Waals surface area contributed by atoms with Crippen molar-refractivity contribution in [1.82, 2.24) is 5.32 Å². The molecule has 8 nitrogen and oxygen atoms in total. The van der Waals surface area contributed by atoms with E-state index in [1.165, 1.54) is 7.11 Å². The molecule has 0 bridgehead atoms. The predicted octanol–water partition coefficient (Wildman–Crippen LogP) is 2.26. The summed E-state index contributed by atoms with van der Waals surface area (Å²) in [5.74, 6) is 1.73. The summed E-state index contributed by atoms with van der Waals surface area (Å²) in [5, 5.41) is 2.91. The number of methoxy groups -OCH3 is 4. The van der Waals surface area contributed by atoms with Crippen molar-refractivity contribution in [2.75, 3.05) is 39.9 Å². The smallest absolute Gasteiger partial charge is 0.255 e. The lowest BCUT2D eigenvalue weighted by Gasteiger charge is -2.19. The van der Waals surface area contributed by atoms with Crippen molar-refractivity contribution in [3.63, 3.8) is 0 Å². The van der Waals surface area contributed by atoms with Gasteiger partial charge in [-0.15, -0.1) is 0 Å². The van der Waals surface area contributed by atoms with Crippen molar-refractivity contribution in [3.8, 4) is 23.0 Å². The molecule has 1 fully saturated rings. The lowest BCUT2D eigenvalue weighted by atomic mass is 10.1. The quantitative estimate of drug-likeness (QED) is 0.767. The van der Waals surface area contributed by atoms with Crippen molar-refractivity contribution in [3.05, 3.63) is 42.0 Å². The number of anilines is 1. The summed E-state index contributed by atoms with van der Waals surface area (Å²) >= 11 is 0. The molecule has 3 rings (SSSR count). The third kappa shape index (κ3) is 4.21. The molecule has 1 N–H and O–H groups in total. The minimum atomic E-state index is -0.324. The maximum absolute atomic E-state index is 12.7. The Bertz CT molecular complexity index is 914. The number of nitrogens with one attached hydrogen (secondary N) is 1. The molecule has 1 saturated heterocycles. The van der Waals surface area contributed by atoms with Crippen LogP contribution in [0.2, 0.25) is 0 Å². The molecule has 2 aromatic carbocycles. The summed E-state index contributed by atoms with van der Waals surface area (Å²) in [4.78, 5) is 26.9. The van der Waals surface area contributed by atoms with E-state index in [9.17, 15) is 9.59 Å². The molecular weight excluding hydrogens is 376 g/mol. The summed E-state index contributed by atoms with van der Waals surface area (Å²) in [7, 11) is 6.13. The van der Waals surface area contributed by atoms with Crippen LogP contribution in [-0.4, -0.2) is 52.8 Å². The van der Waals surface area contributed by atoms with Crippen molar-refractivity contribution in [2.45, 2.75) is 12.5 Å². The molecule has 29 heavy (non-hydrogen) atoms. The molecule has 1 aliphatic heterocycles. The largest absolute Gasteiger partial charge is 0.497 e. The minimum Gasteiger partial charge on any atom is -0.497 e. The molecule has 0 saturated carbocycles. The Hall–Kier alpha value is -3.42. The van der Waals surface area contributed by atoms with Gasteiger partial charge in [-0.3, -0.25) is 9.59 Å². The molecule has 1 atom stereocenters. The lowest BCUT2D eigenvalue weighted by molar-refractivity contribution is -0.117. The number of hydrogen-bond donors (Lipinski definition) is 1. The van der Waals surface area contributed by atoms with E-state index in [2.05, 4.69) is 5.32 Å². The second kappa shape index (κ2) is 8.72. The van der Waals surface area contributed by atoms with Gasteiger partial charge in [-0.25, -0.2) is 0 Å². The number of rotatable bonds is 7. The van der Waals surface area contributed by atoms with E-state index in [1.54, 1.807) is 62.6 Å². The van der Waals surface area contributed by atoms with Crippen LogP contribution in [0.1, 0.15) is 16.8 Å². The molecule has 1 aliphatic rings. The SMILES string of the molecule is COc1ccc(C(=O)NC2CC(=O)N(c3ccc(OC)c(OC)c3)C2)c(OC)c1. The zero-order chi connectivity index (χ0) is 21.0. The molecule has 1 heterocycles. The van der Waals surface area contributed by atoms with Crippen molar-refractivity contribution in [1.29, 1.82) is 0 Å². The maximum atomic E-state index is 12.7.